The summed E-state index contributed by atoms with van der Waals surface area (Å²) < 4.78 is 7.78. The summed E-state index contributed by atoms with van der Waals surface area (Å²) in [6, 6.07) is 24.2. The van der Waals surface area contributed by atoms with Gasteiger partial charge in [-0.15, -0.1) is 0 Å². The van der Waals surface area contributed by atoms with Gasteiger partial charge in [-0.3, -0.25) is 4.79 Å². The Hall–Kier alpha value is -6.65. The van der Waals surface area contributed by atoms with Gasteiger partial charge in [-0.2, -0.15) is 0 Å². The van der Waals surface area contributed by atoms with Gasteiger partial charge in [0.15, 0.2) is 0 Å². The summed E-state index contributed by atoms with van der Waals surface area (Å²) in [5.41, 5.74) is -3.65. The van der Waals surface area contributed by atoms with Gasteiger partial charge in [0.2, 0.25) is 0 Å². The zero-order valence-electron chi connectivity index (χ0n) is 72.3. The van der Waals surface area contributed by atoms with Crippen molar-refractivity contribution in [3.8, 4) is 40.2 Å². The van der Waals surface area contributed by atoms with Crippen LogP contribution in [0.1, 0.15) is 344 Å². The molecule has 6 rings (SSSR count). The Morgan fingerprint density at radius 1 is 0.262 bits per heavy atom. The Morgan fingerprint density at radius 2 is 0.402 bits per heavy atom. The zero-order chi connectivity index (χ0) is 83.3. The normalized spacial score (nSPS) is 15.0. The van der Waals surface area contributed by atoms with Crippen molar-refractivity contribution in [2.45, 2.75) is 349 Å². The number of carbonyl (C=O) groups excluding carboxylic acids is 1. The first kappa shape index (κ1) is 91.0. The number of phenolic OH excluding ortho intramolecular Hbond substituents is 6. The Balaban J connectivity index is 0.00000156. The van der Waals surface area contributed by atoms with Crippen molar-refractivity contribution in [1.82, 2.24) is 0 Å². The average molecular weight is 1480 g/mol. The van der Waals surface area contributed by atoms with Crippen LogP contribution in [-0.2, 0) is 80.6 Å². The zero-order valence-corrected chi connectivity index (χ0v) is 72.3. The quantitative estimate of drug-likeness (QED) is 0.0291. The van der Waals surface area contributed by atoms with E-state index < -0.39 is 119 Å². The summed E-state index contributed by atoms with van der Waals surface area (Å²) in [5, 5.41) is 131. The van der Waals surface area contributed by atoms with Gasteiger partial charge in [-0.1, -0.05) is 310 Å². The molecule has 12 N–H and O–H groups in total. The fraction of sp³-hybridized carbons (Fsp3) is 0.602. The molecule has 0 aliphatic carbocycles. The number of esters is 1. The summed E-state index contributed by atoms with van der Waals surface area (Å²) in [4.78, 5) is 19.4. The second-order valence-electron chi connectivity index (χ2n) is 42.8. The second-order valence-corrected chi connectivity index (χ2v) is 42.8. The molecule has 0 spiro atoms. The molecule has 107 heavy (non-hydrogen) atoms. The van der Waals surface area contributed by atoms with E-state index in [4.69, 9.17) is 35.4 Å². The summed E-state index contributed by atoms with van der Waals surface area (Å²) >= 11 is 0. The van der Waals surface area contributed by atoms with E-state index in [0.29, 0.717) is 94.6 Å². The Bertz CT molecular complexity index is 3710. The van der Waals surface area contributed by atoms with E-state index in [-0.39, 0.29) is 40.2 Å². The van der Waals surface area contributed by atoms with Crippen molar-refractivity contribution in [1.29, 1.82) is 0 Å². The number of ether oxygens (including phenoxy) is 1. The summed E-state index contributed by atoms with van der Waals surface area (Å²) in [6.07, 6.45) is -6.39. The third-order valence-electron chi connectivity index (χ3n) is 21.1. The van der Waals surface area contributed by atoms with Crippen LogP contribution in [0.4, 0.5) is 0 Å². The van der Waals surface area contributed by atoms with Crippen LogP contribution in [-0.4, -0.2) is 105 Å². The number of carbonyl (C=O) groups is 1. The SMILES string of the molecule is CC(C)(C)c1cc(OC(=O)C(c2cc(C(C)(C)C)c(O)c(C(C)(C)C)c2)(c2cc(C(C)(C)C)c(O)c(C(C)(C)C)c2)C(c2cc(C(C)(C)C)c(O)c(C(C)(C)C)c2)(c2cc(C(C)(C)C)c(O)c(C(C)(C)C)c2)c2cc(C(C)(C)C)c(O)c(C(C)(C)C)c2)cc(C(C)(C)C)c1O.OC[C@@H](O)[C@@H](O)[C@H](O)[C@@H](O)CO. The monoisotopic (exact) mass is 1480 g/mol. The van der Waals surface area contributed by atoms with Crippen molar-refractivity contribution in [2.24, 2.45) is 0 Å². The lowest BCUT2D eigenvalue weighted by Gasteiger charge is -2.53. The number of rotatable bonds is 13. The lowest BCUT2D eigenvalue weighted by Crippen LogP contribution is -2.59. The summed E-state index contributed by atoms with van der Waals surface area (Å²) in [5.74, 6) is 0.0477. The van der Waals surface area contributed by atoms with Crippen LogP contribution in [0.3, 0.4) is 0 Å². The number of hydrogen-bond donors (Lipinski definition) is 12. The number of aliphatic hydroxyl groups is 6. The molecule has 0 radical (unpaired) electrons. The highest BCUT2D eigenvalue weighted by atomic mass is 16.5. The summed E-state index contributed by atoms with van der Waals surface area (Å²) in [6.45, 7) is 73.2. The molecule has 6 aromatic rings. The Morgan fingerprint density at radius 3 is 0.542 bits per heavy atom. The molecule has 0 aliphatic heterocycles. The van der Waals surface area contributed by atoms with Crippen LogP contribution in [0.15, 0.2) is 72.8 Å². The first-order chi connectivity index (χ1) is 47.6. The lowest BCUT2D eigenvalue weighted by atomic mass is 9.47. The highest BCUT2D eigenvalue weighted by molar-refractivity contribution is 5.96. The molecule has 0 saturated heterocycles. The molecule has 6 aromatic carbocycles. The van der Waals surface area contributed by atoms with E-state index in [1.807, 2.05) is 65.8 Å². The van der Waals surface area contributed by atoms with Crippen LogP contribution in [0, 0.1) is 0 Å². The smallest absolute Gasteiger partial charge is 0.328 e. The Labute approximate surface area is 643 Å². The van der Waals surface area contributed by atoms with Gasteiger partial charge in [0, 0.05) is 11.1 Å². The molecule has 0 amide bonds. The third-order valence-corrected chi connectivity index (χ3v) is 21.1. The standard InChI is InChI=1S/C87H126O8.C6H14O6/c1-74(2,3)55-37-49(38-56(67(55)88)75(4,5)6)86(50-39-57(76(7,8)9)68(89)58(40-50)77(10,11)12,51-41-59(78(13,14)15)69(90)60(42-51)79(16,17)18)87(52-43-61(80(19,20)21)70(91)62(44-52)81(22,23)24,53-45-63(82(25,26)27)71(92)64(46-53)83(28,29)30)73(94)95-54-47-65(84(31,32)33)72(93)66(48-54)85(34,35)36;7-1-3(9)5(11)6(12)4(10)2-8/h37-48,88-93H,1-36H3;3-12H,1-2H2/t;3-,4+,5-,6-/m.1/s1. The van der Waals surface area contributed by atoms with Crippen LogP contribution in [0.5, 0.6) is 40.2 Å². The van der Waals surface area contributed by atoms with E-state index in [9.17, 15) is 30.6 Å². The fourth-order valence-corrected chi connectivity index (χ4v) is 14.8. The minimum Gasteiger partial charge on any atom is -0.507 e. The molecule has 0 heterocycles. The van der Waals surface area contributed by atoms with Gasteiger partial charge in [-0.25, -0.2) is 0 Å². The first-order valence-corrected chi connectivity index (χ1v) is 38.1. The van der Waals surface area contributed by atoms with Crippen LogP contribution >= 0.6 is 0 Å². The van der Waals surface area contributed by atoms with E-state index in [1.54, 1.807) is 12.1 Å². The molecular weight excluding hydrogens is 1340 g/mol. The lowest BCUT2D eigenvalue weighted by molar-refractivity contribution is -0.141. The second kappa shape index (κ2) is 29.9. The molecule has 0 fully saturated rings. The predicted molar refractivity (Wildman–Crippen MR) is 438 cm³/mol. The first-order valence-electron chi connectivity index (χ1n) is 38.1. The van der Waals surface area contributed by atoms with E-state index in [2.05, 4.69) is 244 Å². The number of hydrogen-bond acceptors (Lipinski definition) is 14. The van der Waals surface area contributed by atoms with Crippen molar-refractivity contribution in [2.75, 3.05) is 13.2 Å². The van der Waals surface area contributed by atoms with E-state index in [0.717, 1.165) is 0 Å². The molecule has 0 saturated carbocycles. The van der Waals surface area contributed by atoms with Gasteiger partial charge < -0.3 is 66.0 Å². The maximum Gasteiger partial charge on any atom is 0.328 e. The van der Waals surface area contributed by atoms with E-state index in [1.165, 1.54) is 0 Å². The Kier molecular flexibility index (Phi) is 25.4. The van der Waals surface area contributed by atoms with Crippen molar-refractivity contribution in [3.05, 3.63) is 167 Å². The number of aliphatic hydroxyl groups excluding tert-OH is 6. The van der Waals surface area contributed by atoms with Gasteiger partial charge >= 0.3 is 5.97 Å². The highest BCUT2D eigenvalue weighted by Crippen LogP contribution is 2.64. The minimum atomic E-state index is -2.32. The molecule has 0 unspecified atom stereocenters. The molecular formula is C93H140O14. The van der Waals surface area contributed by atoms with Gasteiger partial charge in [0.25, 0.3) is 0 Å². The predicted octanol–water partition coefficient (Wildman–Crippen LogP) is 18.8. The van der Waals surface area contributed by atoms with Crippen LogP contribution in [0.2, 0.25) is 0 Å². The van der Waals surface area contributed by atoms with Crippen LogP contribution in [0.25, 0.3) is 0 Å². The van der Waals surface area contributed by atoms with Gasteiger partial charge in [0.1, 0.15) is 70.1 Å². The fourth-order valence-electron chi connectivity index (χ4n) is 14.8. The molecule has 0 aromatic heterocycles. The van der Waals surface area contributed by atoms with Crippen molar-refractivity contribution < 1.29 is 70.8 Å². The third kappa shape index (κ3) is 18.4. The molecule has 4 atom stereocenters. The van der Waals surface area contributed by atoms with E-state index >= 15 is 4.79 Å². The summed E-state index contributed by atoms with van der Waals surface area (Å²) in [7, 11) is 0. The van der Waals surface area contributed by atoms with Crippen LogP contribution < -0.4 is 4.74 Å². The molecule has 0 aliphatic rings. The van der Waals surface area contributed by atoms with Crippen molar-refractivity contribution >= 4 is 5.97 Å². The highest BCUT2D eigenvalue weighted by Gasteiger charge is 2.65. The molecule has 14 nitrogen and oxygen atoms in total. The maximum atomic E-state index is 19.4. The number of benzene rings is 6. The van der Waals surface area contributed by atoms with Gasteiger partial charge in [0.05, 0.1) is 18.6 Å². The molecule has 14 heteroatoms. The average Bonchev–Trinajstić information content (AvgIpc) is 0.667. The topological polar surface area (TPSA) is 269 Å². The maximum absolute atomic E-state index is 19.4. The number of aromatic hydroxyl groups is 6. The number of phenols is 6. The van der Waals surface area contributed by atoms with Crippen molar-refractivity contribution in [3.63, 3.8) is 0 Å². The minimum absolute atomic E-state index is 0.0836. The largest absolute Gasteiger partial charge is 0.507 e. The van der Waals surface area contributed by atoms with Gasteiger partial charge in [-0.05, 0) is 161 Å². The molecule has 0 bridgehead atoms. The molecule has 596 valence electrons.